The van der Waals surface area contributed by atoms with E-state index in [1.807, 2.05) is 0 Å². The van der Waals surface area contributed by atoms with Gasteiger partial charge in [-0.3, -0.25) is 0 Å². The molecule has 0 N–H and O–H groups in total. The summed E-state index contributed by atoms with van der Waals surface area (Å²) >= 11 is 0. The fourth-order valence-electron chi connectivity index (χ4n) is 19.0. The second-order valence-corrected chi connectivity index (χ2v) is 40.3. The Kier molecular flexibility index (Phi) is 86.4. The van der Waals surface area contributed by atoms with Crippen LogP contribution >= 0.6 is 0 Å². The Balaban J connectivity index is -0.000000137. The van der Waals surface area contributed by atoms with Gasteiger partial charge in [-0.05, 0) is 196 Å². The second-order valence-electron chi connectivity index (χ2n) is 40.3. The maximum absolute atomic E-state index is 2.45. The molecule has 2 bridgehead atoms. The van der Waals surface area contributed by atoms with E-state index in [1.165, 1.54) is 275 Å². The van der Waals surface area contributed by atoms with E-state index in [0.29, 0.717) is 5.41 Å². The Hall–Kier alpha value is -3.12. The first-order chi connectivity index (χ1) is 50.7. The summed E-state index contributed by atoms with van der Waals surface area (Å²) in [6.45, 7) is 61.9. The van der Waals surface area contributed by atoms with Crippen molar-refractivity contribution in [3.8, 4) is 0 Å². The van der Waals surface area contributed by atoms with Gasteiger partial charge in [0.05, 0.1) is 0 Å². The van der Waals surface area contributed by atoms with Crippen LogP contribution in [0.15, 0.2) is 84.9 Å². The summed E-state index contributed by atoms with van der Waals surface area (Å²) in [6.07, 6.45) is 60.0. The number of unbranched alkanes of at least 4 members (excludes halogenated alkanes) is 2. The lowest BCUT2D eigenvalue weighted by molar-refractivity contribution is 0.279. The highest BCUT2D eigenvalue weighted by atomic mass is 14.4. The summed E-state index contributed by atoms with van der Waals surface area (Å²) in [5.74, 6) is 11.5. The van der Waals surface area contributed by atoms with Gasteiger partial charge in [-0.15, -0.1) is 0 Å². The van der Waals surface area contributed by atoms with Crippen LogP contribution in [0.25, 0.3) is 0 Å². The molecule has 4 aromatic rings. The van der Waals surface area contributed by atoms with Gasteiger partial charge < -0.3 is 0 Å². The van der Waals surface area contributed by atoms with Crippen molar-refractivity contribution in [2.75, 3.05) is 0 Å². The average Bonchev–Trinajstić information content (AvgIpc) is 0.987. The summed E-state index contributed by atoms with van der Waals surface area (Å²) in [6, 6.07) is 30.8. The molecule has 0 radical (unpaired) electrons. The zero-order chi connectivity index (χ0) is 80.0. The van der Waals surface area contributed by atoms with E-state index in [-0.39, 0.29) is 97.9 Å². The van der Waals surface area contributed by atoms with Crippen LogP contribution < -0.4 is 0 Å². The highest BCUT2D eigenvalue weighted by molar-refractivity contribution is 5.47. The maximum Gasteiger partial charge on any atom is -0.0129 e. The third kappa shape index (κ3) is 57.4. The van der Waals surface area contributed by atoms with E-state index in [1.54, 1.807) is 31.2 Å². The molecule has 0 amide bonds. The van der Waals surface area contributed by atoms with Crippen LogP contribution in [0.4, 0.5) is 0 Å². The molecule has 7 saturated carbocycles. The first kappa shape index (κ1) is 135. The zero-order valence-corrected chi connectivity index (χ0v) is 77.4. The van der Waals surface area contributed by atoms with Gasteiger partial charge in [0.1, 0.15) is 0 Å². The Morgan fingerprint density at radius 2 is 0.720 bits per heavy atom. The van der Waals surface area contributed by atoms with E-state index >= 15 is 0 Å². The van der Waals surface area contributed by atoms with Crippen LogP contribution in [0.3, 0.4) is 0 Å². The lowest BCUT2D eigenvalue weighted by Crippen LogP contribution is -2.24. The SMILES string of the molecule is C.C.C.C.C.C.C.C.C.C.C.CC(C)(C)c1ccccc1.CC(C)C1CCCCC1.CCC1CC2CCC1C2.CCC1CCC(C)CC1.CCC1CCCCC1.CCCC1CCCCC1.CCCC1CCCCC1.CCCCC[C@@H](C)c1ccccc1.CCc1c(C(C)(C)C)cc(C(C)(C)C)cc1C(C)(C)C.CCc1c(C)cc(C)cc1C. The Morgan fingerprint density at radius 3 is 1.00 bits per heavy atom. The monoisotopic (exact) mass is 1650 g/mol. The molecule has 7 aliphatic rings. The van der Waals surface area contributed by atoms with Gasteiger partial charge in [0, 0.05) is 0 Å². The van der Waals surface area contributed by atoms with E-state index in [9.17, 15) is 0 Å². The second kappa shape index (κ2) is 75.2. The zero-order valence-electron chi connectivity index (χ0n) is 77.4. The fourth-order valence-corrected chi connectivity index (χ4v) is 19.0. The summed E-state index contributed by atoms with van der Waals surface area (Å²) in [4.78, 5) is 0. The van der Waals surface area contributed by atoms with Crippen LogP contribution in [0.1, 0.15) is 560 Å². The highest BCUT2D eigenvalue weighted by Crippen LogP contribution is 2.49. The van der Waals surface area contributed by atoms with Gasteiger partial charge in [-0.25, -0.2) is 0 Å². The number of hydrogen-bond acceptors (Lipinski definition) is 0. The Bertz CT molecular complexity index is 2640. The third-order valence-corrected chi connectivity index (χ3v) is 26.4. The van der Waals surface area contributed by atoms with Gasteiger partial charge in [-0.1, -0.05) is 563 Å². The van der Waals surface area contributed by atoms with Crippen molar-refractivity contribution >= 4 is 0 Å². The van der Waals surface area contributed by atoms with Crippen molar-refractivity contribution in [1.82, 2.24) is 0 Å². The van der Waals surface area contributed by atoms with Crippen LogP contribution in [0.2, 0.25) is 0 Å². The molecule has 0 heteroatoms. The molecule has 0 aliphatic heterocycles. The smallest absolute Gasteiger partial charge is 0.0129 e. The molecular weight excluding hydrogens is 1420 g/mol. The molecule has 0 heterocycles. The molecule has 4 atom stereocenters. The van der Waals surface area contributed by atoms with Crippen LogP contribution in [-0.4, -0.2) is 0 Å². The molecule has 7 fully saturated rings. The third-order valence-electron chi connectivity index (χ3n) is 26.4. The van der Waals surface area contributed by atoms with Gasteiger partial charge in [-0.2, -0.15) is 0 Å². The number of rotatable bonds is 15. The van der Waals surface area contributed by atoms with E-state index in [0.717, 1.165) is 77.9 Å². The van der Waals surface area contributed by atoms with Crippen LogP contribution in [-0.2, 0) is 34.5 Å². The van der Waals surface area contributed by atoms with Crippen molar-refractivity contribution < 1.29 is 0 Å². The molecule has 7 aliphatic carbocycles. The quantitative estimate of drug-likeness (QED) is 0.104. The van der Waals surface area contributed by atoms with Crippen molar-refractivity contribution in [3.63, 3.8) is 0 Å². The van der Waals surface area contributed by atoms with Crippen molar-refractivity contribution in [1.29, 1.82) is 0 Å². The molecule has 11 rings (SSSR count). The van der Waals surface area contributed by atoms with E-state index < -0.39 is 0 Å². The Morgan fingerprint density at radius 1 is 0.347 bits per heavy atom. The van der Waals surface area contributed by atoms with Gasteiger partial charge in [0.15, 0.2) is 0 Å². The topological polar surface area (TPSA) is 0 Å². The number of benzene rings is 4. The van der Waals surface area contributed by atoms with E-state index in [2.05, 4.69) is 272 Å². The predicted molar refractivity (Wildman–Crippen MR) is 562 cm³/mol. The van der Waals surface area contributed by atoms with Crippen molar-refractivity contribution in [2.24, 2.45) is 59.2 Å². The lowest BCUT2D eigenvalue weighted by Gasteiger charge is -2.33. The predicted octanol–water partition coefficient (Wildman–Crippen LogP) is 42.7. The fraction of sp³-hybridized carbons (Fsp3) is 0.797. The summed E-state index contributed by atoms with van der Waals surface area (Å²) in [5, 5.41) is 0. The molecule has 0 spiro atoms. The Labute approximate surface area is 754 Å². The number of hydrogen-bond donors (Lipinski definition) is 0. The van der Waals surface area contributed by atoms with Crippen molar-refractivity contribution in [3.05, 3.63) is 141 Å². The highest BCUT2D eigenvalue weighted by Gasteiger charge is 2.38. The van der Waals surface area contributed by atoms with Crippen LogP contribution in [0.5, 0.6) is 0 Å². The minimum Gasteiger partial charge on any atom is -0.0776 e. The number of fused-ring (bicyclic) bond motifs is 2. The number of aryl methyl sites for hydroxylation is 3. The molecular formula is C118H232. The minimum atomic E-state index is 0. The molecule has 0 aromatic heterocycles. The molecule has 0 nitrogen and oxygen atoms in total. The molecule has 118 heavy (non-hydrogen) atoms. The van der Waals surface area contributed by atoms with Crippen molar-refractivity contribution in [2.45, 2.75) is 559 Å². The lowest BCUT2D eigenvalue weighted by atomic mass is 9.72. The largest absolute Gasteiger partial charge is 0.0776 e. The maximum atomic E-state index is 2.45. The minimum absolute atomic E-state index is 0. The molecule has 3 unspecified atom stereocenters. The first-order valence-electron chi connectivity index (χ1n) is 47.1. The normalized spacial score (nSPS) is 18.9. The summed E-state index contributed by atoms with van der Waals surface area (Å²) in [7, 11) is 0. The standard InChI is InChI=1S/C20H34.C13H20.C11H16.C10H14.C9H16.4C9H18.C8H16.11CH4/c1-11-15-16(19(5,6)7)12-14(18(2,3)4)13-17(15)20(8,9)10;1-3-4-6-9-12(2)13-10-7-5-8-11-13;1-5-11-9(3)6-8(2)7-10(11)4;1-10(2,3)9-7-5-4-6-8-9;1-2-8-5-7-3-4-9(8)6-7;1-8(2)9-6-4-3-5-7-9;1-3-9-6-4-8(2)5-7-9;2*1-2-6-9-7-4-3-5-8-9;1-2-8-6-4-3-5-7-8;;;;;;;;;;;/h12-13H,11H2,1-10H3;5,7-8,10-12H,3-4,6,9H2,1-2H3;6-7H,5H2,1-4H3;4-8H,1-3H3;7-9H,2-6H2,1H3;2*8-9H,3-7H2,1-2H3;2*9H,2-8H2,1H3;8H,2-7H2,1H3;11*1H4/t;12-;;;;;;;;;;;;;;;;;;;/m.1.................../s1. The van der Waals surface area contributed by atoms with Gasteiger partial charge in [0.25, 0.3) is 0 Å². The van der Waals surface area contributed by atoms with Gasteiger partial charge in [0.2, 0.25) is 0 Å². The summed E-state index contributed by atoms with van der Waals surface area (Å²) in [5.41, 5.74) is 15.6. The summed E-state index contributed by atoms with van der Waals surface area (Å²) < 4.78 is 0. The first-order valence-corrected chi connectivity index (χ1v) is 47.1. The average molecular weight is 1650 g/mol. The van der Waals surface area contributed by atoms with Gasteiger partial charge >= 0.3 is 0 Å². The van der Waals surface area contributed by atoms with Crippen LogP contribution in [0, 0.1) is 80.0 Å². The molecule has 4 aromatic carbocycles. The molecule has 0 saturated heterocycles. The molecule has 704 valence electrons. The van der Waals surface area contributed by atoms with E-state index in [4.69, 9.17) is 0 Å².